The van der Waals surface area contributed by atoms with Crippen molar-refractivity contribution in [3.63, 3.8) is 0 Å². The summed E-state index contributed by atoms with van der Waals surface area (Å²) in [5.74, 6) is 0.924. The monoisotopic (exact) mass is 330 g/mol. The predicted octanol–water partition coefficient (Wildman–Crippen LogP) is 3.02. The number of amides is 1. The van der Waals surface area contributed by atoms with Crippen LogP contribution in [0.2, 0.25) is 0 Å². The molecule has 0 radical (unpaired) electrons. The predicted molar refractivity (Wildman–Crippen MR) is 95.2 cm³/mol. The Kier molecular flexibility index (Phi) is 12.5. The van der Waals surface area contributed by atoms with Gasteiger partial charge in [-0.1, -0.05) is 36.8 Å². The van der Waals surface area contributed by atoms with Gasteiger partial charge < -0.3 is 11.1 Å². The summed E-state index contributed by atoms with van der Waals surface area (Å²) in [6.07, 6.45) is 7.21. The summed E-state index contributed by atoms with van der Waals surface area (Å²) < 4.78 is 0. The fraction of sp³-hybridized carbons (Fsp3) is 0.562. The average Bonchev–Trinajstić information content (AvgIpc) is 2.49. The van der Waals surface area contributed by atoms with Gasteiger partial charge in [0.15, 0.2) is 0 Å². The van der Waals surface area contributed by atoms with E-state index in [9.17, 15) is 4.79 Å². The molecule has 0 saturated carbocycles. The maximum Gasteiger partial charge on any atom is 0.236 e. The van der Waals surface area contributed by atoms with Gasteiger partial charge in [-0.3, -0.25) is 4.79 Å². The third-order valence-electron chi connectivity index (χ3n) is 3.25. The van der Waals surface area contributed by atoms with Crippen LogP contribution in [0.4, 0.5) is 0 Å². The van der Waals surface area contributed by atoms with Gasteiger partial charge in [0.25, 0.3) is 0 Å². The second kappa shape index (κ2) is 13.0. The van der Waals surface area contributed by atoms with E-state index in [4.69, 9.17) is 5.73 Å². The topological polar surface area (TPSA) is 55.1 Å². The highest BCUT2D eigenvalue weighted by atomic mass is 35.5. The fourth-order valence-electron chi connectivity index (χ4n) is 1.99. The van der Waals surface area contributed by atoms with E-state index in [-0.39, 0.29) is 24.4 Å². The van der Waals surface area contributed by atoms with Crippen molar-refractivity contribution in [2.45, 2.75) is 38.1 Å². The lowest BCUT2D eigenvalue weighted by Crippen LogP contribution is -2.41. The lowest BCUT2D eigenvalue weighted by Gasteiger charge is -2.11. The maximum absolute atomic E-state index is 11.7. The molecule has 1 aromatic carbocycles. The first-order valence-corrected chi connectivity index (χ1v) is 8.69. The third-order valence-corrected chi connectivity index (χ3v) is 3.90. The van der Waals surface area contributed by atoms with E-state index in [0.29, 0.717) is 0 Å². The second-order valence-corrected chi connectivity index (χ2v) is 5.96. The normalized spacial score (nSPS) is 11.5. The van der Waals surface area contributed by atoms with Crippen molar-refractivity contribution < 1.29 is 4.79 Å². The molecule has 0 aliphatic rings. The van der Waals surface area contributed by atoms with Crippen LogP contribution in [0.25, 0.3) is 0 Å². The van der Waals surface area contributed by atoms with Crippen LogP contribution in [-0.2, 0) is 11.2 Å². The Morgan fingerprint density at radius 1 is 1.24 bits per heavy atom. The molecule has 0 bridgehead atoms. The van der Waals surface area contributed by atoms with Gasteiger partial charge in [0, 0.05) is 6.54 Å². The van der Waals surface area contributed by atoms with E-state index in [1.165, 1.54) is 12.0 Å². The number of carbonyl (C=O) groups is 1. The number of halogens is 1. The molecule has 0 saturated heterocycles. The van der Waals surface area contributed by atoms with Crippen LogP contribution in [0.5, 0.6) is 0 Å². The van der Waals surface area contributed by atoms with E-state index in [0.717, 1.165) is 38.0 Å². The van der Waals surface area contributed by atoms with Crippen molar-refractivity contribution in [1.82, 2.24) is 5.32 Å². The Bertz CT molecular complexity index is 376. The first-order chi connectivity index (χ1) is 9.74. The molecule has 1 amide bonds. The molecular formula is C16H27ClN2OS. The minimum atomic E-state index is -0.355. The maximum atomic E-state index is 11.7. The zero-order valence-electron chi connectivity index (χ0n) is 12.7. The number of aryl methyl sites for hydroxylation is 1. The van der Waals surface area contributed by atoms with E-state index in [1.807, 2.05) is 12.3 Å². The first-order valence-electron chi connectivity index (χ1n) is 7.30. The summed E-state index contributed by atoms with van der Waals surface area (Å²) in [6.45, 7) is 0.737. The highest BCUT2D eigenvalue weighted by molar-refractivity contribution is 7.98. The van der Waals surface area contributed by atoms with Gasteiger partial charge in [0.05, 0.1) is 6.04 Å². The molecule has 0 heterocycles. The summed E-state index contributed by atoms with van der Waals surface area (Å²) in [7, 11) is 0. The van der Waals surface area contributed by atoms with Crippen molar-refractivity contribution in [1.29, 1.82) is 0 Å². The summed E-state index contributed by atoms with van der Waals surface area (Å²) in [6, 6.07) is 10.2. The average molecular weight is 331 g/mol. The largest absolute Gasteiger partial charge is 0.355 e. The molecule has 0 aliphatic heterocycles. The third kappa shape index (κ3) is 9.77. The summed E-state index contributed by atoms with van der Waals surface area (Å²) in [4.78, 5) is 11.7. The summed E-state index contributed by atoms with van der Waals surface area (Å²) in [5.41, 5.74) is 7.18. The van der Waals surface area contributed by atoms with Crippen molar-refractivity contribution >= 4 is 30.1 Å². The van der Waals surface area contributed by atoms with Crippen molar-refractivity contribution in [3.05, 3.63) is 35.9 Å². The fourth-order valence-corrected chi connectivity index (χ4v) is 2.48. The highest BCUT2D eigenvalue weighted by Crippen LogP contribution is 2.05. The Morgan fingerprint density at radius 2 is 1.95 bits per heavy atom. The summed E-state index contributed by atoms with van der Waals surface area (Å²) >= 11 is 1.72. The minimum absolute atomic E-state index is 0. The zero-order valence-corrected chi connectivity index (χ0v) is 14.3. The molecule has 120 valence electrons. The molecule has 5 heteroatoms. The van der Waals surface area contributed by atoms with E-state index in [1.54, 1.807) is 11.8 Å². The summed E-state index contributed by atoms with van der Waals surface area (Å²) in [5, 5.41) is 2.92. The van der Waals surface area contributed by atoms with Gasteiger partial charge in [-0.15, -0.1) is 12.4 Å². The Hall–Kier alpha value is -0.710. The van der Waals surface area contributed by atoms with Crippen molar-refractivity contribution in [3.8, 4) is 0 Å². The van der Waals surface area contributed by atoms with Gasteiger partial charge in [0.1, 0.15) is 0 Å². The standard InChI is InChI=1S/C16H26N2OS.ClH/c1-20-13-11-15(17)16(19)18-12-7-3-6-10-14-8-4-2-5-9-14;/h2,4-5,8-9,15H,3,6-7,10-13,17H2,1H3,(H,18,19);1H/t15-;/m0./s1. The number of hydrogen-bond donors (Lipinski definition) is 2. The number of hydrogen-bond acceptors (Lipinski definition) is 3. The molecule has 3 nitrogen and oxygen atoms in total. The zero-order chi connectivity index (χ0) is 14.6. The van der Waals surface area contributed by atoms with Crippen LogP contribution in [0.15, 0.2) is 30.3 Å². The molecular weight excluding hydrogens is 304 g/mol. The second-order valence-electron chi connectivity index (χ2n) is 4.98. The smallest absolute Gasteiger partial charge is 0.236 e. The molecule has 3 N–H and O–H groups in total. The number of rotatable bonds is 10. The van der Waals surface area contributed by atoms with Crippen LogP contribution in [0.1, 0.15) is 31.2 Å². The lowest BCUT2D eigenvalue weighted by atomic mass is 10.1. The molecule has 1 atom stereocenters. The number of unbranched alkanes of at least 4 members (excludes halogenated alkanes) is 2. The van der Waals surface area contributed by atoms with Crippen LogP contribution in [0, 0.1) is 0 Å². The molecule has 1 aromatic rings. The number of carbonyl (C=O) groups excluding carboxylic acids is 1. The van der Waals surface area contributed by atoms with Gasteiger partial charge in [-0.05, 0) is 43.3 Å². The Morgan fingerprint density at radius 3 is 2.62 bits per heavy atom. The number of thioether (sulfide) groups is 1. The Labute approximate surface area is 138 Å². The molecule has 1 rings (SSSR count). The molecule has 0 fully saturated rings. The quantitative estimate of drug-likeness (QED) is 0.648. The van der Waals surface area contributed by atoms with E-state index < -0.39 is 0 Å². The van der Waals surface area contributed by atoms with Crippen LogP contribution in [0.3, 0.4) is 0 Å². The van der Waals surface area contributed by atoms with Crippen LogP contribution >= 0.6 is 24.2 Å². The lowest BCUT2D eigenvalue weighted by molar-refractivity contribution is -0.122. The van der Waals surface area contributed by atoms with Gasteiger partial charge in [0.2, 0.25) is 5.91 Å². The van der Waals surface area contributed by atoms with Crippen molar-refractivity contribution in [2.75, 3.05) is 18.6 Å². The van der Waals surface area contributed by atoms with E-state index in [2.05, 4.69) is 29.6 Å². The molecule has 0 spiro atoms. The van der Waals surface area contributed by atoms with Gasteiger partial charge in [-0.2, -0.15) is 11.8 Å². The van der Waals surface area contributed by atoms with Gasteiger partial charge >= 0.3 is 0 Å². The molecule has 0 unspecified atom stereocenters. The molecule has 0 aliphatic carbocycles. The van der Waals surface area contributed by atoms with Crippen LogP contribution in [-0.4, -0.2) is 30.5 Å². The number of nitrogens with one attached hydrogen (secondary N) is 1. The SMILES string of the molecule is CSCC[C@H](N)C(=O)NCCCCCc1ccccc1.Cl. The van der Waals surface area contributed by atoms with Gasteiger partial charge in [-0.25, -0.2) is 0 Å². The molecule has 0 aromatic heterocycles. The van der Waals surface area contributed by atoms with Crippen molar-refractivity contribution in [2.24, 2.45) is 5.73 Å². The first kappa shape index (κ1) is 20.3. The number of benzene rings is 1. The van der Waals surface area contributed by atoms with Crippen LogP contribution < -0.4 is 11.1 Å². The minimum Gasteiger partial charge on any atom is -0.355 e. The molecule has 21 heavy (non-hydrogen) atoms. The number of nitrogens with two attached hydrogens (primary N) is 1. The Balaban J connectivity index is 0.00000400. The van der Waals surface area contributed by atoms with E-state index >= 15 is 0 Å². The highest BCUT2D eigenvalue weighted by Gasteiger charge is 2.11.